The van der Waals surface area contributed by atoms with E-state index in [2.05, 4.69) is 44.5 Å². The number of imidazole rings is 1. The molecule has 2 aromatic heterocycles. The van der Waals surface area contributed by atoms with Crippen molar-refractivity contribution >= 4 is 66.9 Å². The Morgan fingerprint density at radius 2 is 2.29 bits per heavy atom. The summed E-state index contributed by atoms with van der Waals surface area (Å²) in [5, 5.41) is 0. The molecule has 2 heterocycles. The quantitative estimate of drug-likeness (QED) is 0.415. The fraction of sp³-hybridized carbons (Fsp3) is 0.462. The Kier molecular flexibility index (Phi) is 5.87. The molecule has 2 aromatic rings. The average molecular weight is 464 g/mol. The van der Waals surface area contributed by atoms with E-state index in [4.69, 9.17) is 4.74 Å². The van der Waals surface area contributed by atoms with Crippen molar-refractivity contribution in [3.05, 3.63) is 9.90 Å². The summed E-state index contributed by atoms with van der Waals surface area (Å²) < 4.78 is 7.26. The SMILES string of the molecule is CCCCOC(=O)N(CC)c1nc([AsH2])c(I)c2[nH]cnc12. The van der Waals surface area contributed by atoms with Gasteiger partial charge in [-0.15, -0.1) is 0 Å². The van der Waals surface area contributed by atoms with Crippen molar-refractivity contribution in [3.63, 3.8) is 0 Å². The molecule has 1 unspecified atom stereocenters. The van der Waals surface area contributed by atoms with Gasteiger partial charge in [0.2, 0.25) is 0 Å². The third kappa shape index (κ3) is 3.51. The van der Waals surface area contributed by atoms with Gasteiger partial charge in [-0.25, -0.2) is 0 Å². The number of amides is 1. The van der Waals surface area contributed by atoms with Gasteiger partial charge < -0.3 is 0 Å². The zero-order valence-corrected chi connectivity index (χ0v) is 16.6. The third-order valence-electron chi connectivity index (χ3n) is 3.04. The summed E-state index contributed by atoms with van der Waals surface area (Å²) in [6.45, 7) is 4.89. The molecule has 0 radical (unpaired) electrons. The Morgan fingerprint density at radius 3 is 2.95 bits per heavy atom. The van der Waals surface area contributed by atoms with Crippen LogP contribution < -0.4 is 9.38 Å². The zero-order valence-electron chi connectivity index (χ0n) is 12.0. The van der Waals surface area contributed by atoms with Gasteiger partial charge in [0, 0.05) is 0 Å². The van der Waals surface area contributed by atoms with Gasteiger partial charge in [-0.3, -0.25) is 0 Å². The first-order valence-electron chi connectivity index (χ1n) is 6.82. The molecular weight excluding hydrogens is 446 g/mol. The van der Waals surface area contributed by atoms with E-state index in [0.717, 1.165) is 26.4 Å². The average Bonchev–Trinajstić information content (AvgIpc) is 2.95. The van der Waals surface area contributed by atoms with E-state index < -0.39 is 0 Å². The van der Waals surface area contributed by atoms with Gasteiger partial charge in [-0.1, -0.05) is 0 Å². The standard InChI is InChI=1S/C13H18AsIN4O2/c1-3-5-6-21-13(20)19(4-2)12-10-9(16-7-17-10)8(15)11(14)18-12/h7H,3-6,14H2,1-2H3,(H,16,17). The number of anilines is 1. The number of carbonyl (C=O) groups is 1. The second-order valence-corrected chi connectivity index (χ2v) is 6.70. The van der Waals surface area contributed by atoms with Gasteiger partial charge in [0.25, 0.3) is 0 Å². The summed E-state index contributed by atoms with van der Waals surface area (Å²) in [5.41, 5.74) is 1.62. The van der Waals surface area contributed by atoms with Crippen LogP contribution in [0.4, 0.5) is 10.6 Å². The monoisotopic (exact) mass is 464 g/mol. The second-order valence-electron chi connectivity index (χ2n) is 4.47. The molecule has 0 spiro atoms. The van der Waals surface area contributed by atoms with Gasteiger partial charge in [0.05, 0.1) is 0 Å². The molecule has 6 nitrogen and oxygen atoms in total. The molecular formula is C13H18AsIN4O2. The molecule has 0 saturated heterocycles. The van der Waals surface area contributed by atoms with Crippen LogP contribution in [0.1, 0.15) is 26.7 Å². The molecule has 0 fully saturated rings. The molecule has 8 heteroatoms. The van der Waals surface area contributed by atoms with Crippen LogP contribution in [0.2, 0.25) is 0 Å². The van der Waals surface area contributed by atoms with E-state index in [9.17, 15) is 4.79 Å². The number of hydrogen-bond donors (Lipinski definition) is 1. The van der Waals surface area contributed by atoms with Crippen molar-refractivity contribution in [1.29, 1.82) is 0 Å². The number of unbranched alkanes of at least 4 members (excludes halogenated alkanes) is 1. The van der Waals surface area contributed by atoms with Crippen LogP contribution in [-0.4, -0.2) is 51.0 Å². The van der Waals surface area contributed by atoms with Crippen LogP contribution in [0.25, 0.3) is 11.0 Å². The number of H-pyrrole nitrogens is 1. The molecule has 1 atom stereocenters. The van der Waals surface area contributed by atoms with E-state index in [1.165, 1.54) is 21.8 Å². The van der Waals surface area contributed by atoms with E-state index in [0.29, 0.717) is 24.5 Å². The summed E-state index contributed by atoms with van der Waals surface area (Å²) in [6.07, 6.45) is 3.12. The van der Waals surface area contributed by atoms with Crippen LogP contribution >= 0.6 is 22.6 Å². The number of halogens is 1. The summed E-state index contributed by atoms with van der Waals surface area (Å²) in [4.78, 5) is 25.8. The molecule has 0 aliphatic carbocycles. The first kappa shape index (κ1) is 16.5. The van der Waals surface area contributed by atoms with Gasteiger partial charge in [-0.05, 0) is 0 Å². The minimum absolute atomic E-state index is 0.365. The number of nitrogens with one attached hydrogen (secondary N) is 1. The topological polar surface area (TPSA) is 71.1 Å². The summed E-state index contributed by atoms with van der Waals surface area (Å²) in [7, 11) is 0. The first-order valence-corrected chi connectivity index (χ1v) is 9.11. The number of aromatic amines is 1. The van der Waals surface area contributed by atoms with Crippen LogP contribution in [0.5, 0.6) is 0 Å². The Hall–Kier alpha value is -0.822. The summed E-state index contributed by atoms with van der Waals surface area (Å²) >= 11 is 3.66. The van der Waals surface area contributed by atoms with Crippen LogP contribution in [-0.2, 0) is 4.74 Å². The molecule has 0 bridgehead atoms. The van der Waals surface area contributed by atoms with E-state index in [1.807, 2.05) is 6.92 Å². The van der Waals surface area contributed by atoms with Gasteiger partial charge in [-0.2, -0.15) is 0 Å². The predicted molar refractivity (Wildman–Crippen MR) is 94.1 cm³/mol. The molecule has 0 aromatic carbocycles. The molecule has 1 amide bonds. The van der Waals surface area contributed by atoms with Crippen molar-refractivity contribution in [2.45, 2.75) is 26.7 Å². The first-order chi connectivity index (χ1) is 10.1. The van der Waals surface area contributed by atoms with Gasteiger partial charge >= 0.3 is 146 Å². The third-order valence-corrected chi connectivity index (χ3v) is 6.24. The Morgan fingerprint density at radius 1 is 1.52 bits per heavy atom. The number of fused-ring (bicyclic) bond motifs is 1. The molecule has 0 saturated carbocycles. The molecule has 21 heavy (non-hydrogen) atoms. The molecule has 2 rings (SSSR count). The number of ether oxygens (including phenoxy) is 1. The Labute approximate surface area is 145 Å². The molecule has 0 aliphatic heterocycles. The van der Waals surface area contributed by atoms with Crippen molar-refractivity contribution in [1.82, 2.24) is 15.0 Å². The van der Waals surface area contributed by atoms with E-state index in [1.54, 1.807) is 6.33 Å². The van der Waals surface area contributed by atoms with Gasteiger partial charge in [0.1, 0.15) is 0 Å². The van der Waals surface area contributed by atoms with Crippen molar-refractivity contribution < 1.29 is 9.53 Å². The van der Waals surface area contributed by atoms with Crippen LogP contribution in [0.3, 0.4) is 0 Å². The zero-order chi connectivity index (χ0) is 15.4. The fourth-order valence-corrected chi connectivity index (χ4v) is 3.00. The van der Waals surface area contributed by atoms with Crippen LogP contribution in [0.15, 0.2) is 6.33 Å². The van der Waals surface area contributed by atoms with E-state index >= 15 is 0 Å². The maximum atomic E-state index is 12.2. The van der Waals surface area contributed by atoms with E-state index in [-0.39, 0.29) is 6.09 Å². The Balaban J connectivity index is 2.36. The molecule has 0 aliphatic rings. The minimum atomic E-state index is -0.365. The molecule has 1 N–H and O–H groups in total. The Bertz CT molecular complexity index is 646. The van der Waals surface area contributed by atoms with Gasteiger partial charge in [0.15, 0.2) is 0 Å². The maximum absolute atomic E-state index is 12.2. The molecule has 114 valence electrons. The summed E-state index contributed by atoms with van der Waals surface area (Å²) in [5.74, 6) is 0.565. The number of pyridine rings is 1. The van der Waals surface area contributed by atoms with Crippen molar-refractivity contribution in [3.8, 4) is 0 Å². The number of carbonyl (C=O) groups excluding carboxylic acids is 1. The fourth-order valence-electron chi connectivity index (χ4n) is 1.91. The number of nitrogens with zero attached hydrogens (tertiary/aromatic N) is 3. The number of hydrogen-bond acceptors (Lipinski definition) is 4. The number of aromatic nitrogens is 3. The van der Waals surface area contributed by atoms with Crippen LogP contribution in [0, 0.1) is 3.57 Å². The second kappa shape index (κ2) is 7.44. The number of rotatable bonds is 5. The normalized spacial score (nSPS) is 10.9. The predicted octanol–water partition coefficient (Wildman–Crippen LogP) is 1.58. The van der Waals surface area contributed by atoms with Crippen molar-refractivity contribution in [2.75, 3.05) is 18.1 Å². The summed E-state index contributed by atoms with van der Waals surface area (Å²) in [6, 6.07) is 0. The van der Waals surface area contributed by atoms with Crippen molar-refractivity contribution in [2.24, 2.45) is 0 Å².